The number of ether oxygens (including phenoxy) is 1. The van der Waals surface area contributed by atoms with E-state index in [1.807, 2.05) is 42.6 Å². The van der Waals surface area contributed by atoms with Gasteiger partial charge in [0.15, 0.2) is 11.5 Å². The van der Waals surface area contributed by atoms with Gasteiger partial charge in [0.25, 0.3) is 0 Å². The van der Waals surface area contributed by atoms with Crippen LogP contribution in [0.4, 0.5) is 17.1 Å². The van der Waals surface area contributed by atoms with Gasteiger partial charge in [0.05, 0.1) is 17.1 Å². The van der Waals surface area contributed by atoms with E-state index in [1.54, 1.807) is 0 Å². The van der Waals surface area contributed by atoms with E-state index in [4.69, 9.17) is 4.74 Å². The maximum atomic E-state index is 6.33. The summed E-state index contributed by atoms with van der Waals surface area (Å²) < 4.78 is 6.33. The van der Waals surface area contributed by atoms with Crippen molar-refractivity contribution >= 4 is 17.1 Å². The molecule has 0 atom stereocenters. The second-order valence-corrected chi connectivity index (χ2v) is 9.62. The summed E-state index contributed by atoms with van der Waals surface area (Å²) in [6.45, 7) is 4.61. The number of para-hydroxylation sites is 3. The SMILES string of the molecule is CC1(C)c2cc(-c3cc[c-]c(-c4ccccn4)c3)ccc2N2c3ccccc3Oc3cccc1c32.[Ir]. The van der Waals surface area contributed by atoms with E-state index in [9.17, 15) is 0 Å². The first-order chi connectivity index (χ1) is 17.1. The van der Waals surface area contributed by atoms with Gasteiger partial charge < -0.3 is 14.6 Å². The average molecular weight is 644 g/mol. The van der Waals surface area contributed by atoms with Gasteiger partial charge in [-0.05, 0) is 58.8 Å². The van der Waals surface area contributed by atoms with Crippen LogP contribution in [0.2, 0.25) is 0 Å². The summed E-state index contributed by atoms with van der Waals surface area (Å²) in [6, 6.07) is 37.1. The van der Waals surface area contributed by atoms with Crippen LogP contribution in [0.15, 0.2) is 103 Å². The number of benzene rings is 4. The maximum absolute atomic E-state index is 6.33. The molecule has 0 saturated carbocycles. The summed E-state index contributed by atoms with van der Waals surface area (Å²) in [4.78, 5) is 6.88. The quantitative estimate of drug-likeness (QED) is 0.177. The zero-order valence-corrected chi connectivity index (χ0v) is 22.3. The number of fused-ring (bicyclic) bond motifs is 4. The second kappa shape index (κ2) is 8.44. The minimum atomic E-state index is -0.187. The van der Waals surface area contributed by atoms with Gasteiger partial charge in [-0.25, -0.2) is 0 Å². The Bertz CT molecular complexity index is 1610. The Kier molecular flexibility index (Phi) is 5.33. The van der Waals surface area contributed by atoms with Crippen molar-refractivity contribution in [2.45, 2.75) is 19.3 Å². The first kappa shape index (κ1) is 22.7. The predicted octanol–water partition coefficient (Wildman–Crippen LogP) is 8.43. The molecule has 4 aromatic carbocycles. The van der Waals surface area contributed by atoms with Crippen molar-refractivity contribution in [3.8, 4) is 33.9 Å². The molecule has 3 nitrogen and oxygen atoms in total. The maximum Gasteiger partial charge on any atom is 0.151 e. The van der Waals surface area contributed by atoms with Crippen LogP contribution in [-0.4, -0.2) is 4.98 Å². The minimum Gasteiger partial charge on any atom is -0.453 e. The van der Waals surface area contributed by atoms with E-state index in [0.29, 0.717) is 0 Å². The molecular formula is C32H23IrN2O-. The van der Waals surface area contributed by atoms with E-state index in [-0.39, 0.29) is 25.5 Å². The van der Waals surface area contributed by atoms with E-state index in [1.165, 1.54) is 22.4 Å². The third kappa shape index (κ3) is 3.33. The molecule has 177 valence electrons. The van der Waals surface area contributed by atoms with Crippen LogP contribution in [0.3, 0.4) is 0 Å². The molecule has 7 rings (SSSR count). The van der Waals surface area contributed by atoms with Gasteiger partial charge in [0.1, 0.15) is 0 Å². The fourth-order valence-electron chi connectivity index (χ4n) is 5.43. The zero-order chi connectivity index (χ0) is 23.6. The molecule has 3 heterocycles. The van der Waals surface area contributed by atoms with Crippen LogP contribution in [0, 0.1) is 6.07 Å². The van der Waals surface area contributed by atoms with Gasteiger partial charge in [-0.2, -0.15) is 0 Å². The number of hydrogen-bond donors (Lipinski definition) is 0. The fourth-order valence-corrected chi connectivity index (χ4v) is 5.43. The molecule has 0 fully saturated rings. The molecule has 0 N–H and O–H groups in total. The molecule has 2 aliphatic rings. The first-order valence-electron chi connectivity index (χ1n) is 11.9. The Morgan fingerprint density at radius 1 is 0.750 bits per heavy atom. The van der Waals surface area contributed by atoms with E-state index in [0.717, 1.165) is 39.7 Å². The van der Waals surface area contributed by atoms with E-state index in [2.05, 4.69) is 90.5 Å². The zero-order valence-electron chi connectivity index (χ0n) is 20.0. The van der Waals surface area contributed by atoms with Crippen LogP contribution < -0.4 is 9.64 Å². The number of hydrogen-bond acceptors (Lipinski definition) is 3. The Balaban J connectivity index is 0.00000240. The monoisotopic (exact) mass is 644 g/mol. The summed E-state index contributed by atoms with van der Waals surface area (Å²) in [5.74, 6) is 1.79. The molecule has 2 aliphatic heterocycles. The largest absolute Gasteiger partial charge is 0.453 e. The molecule has 1 radical (unpaired) electrons. The third-order valence-electron chi connectivity index (χ3n) is 7.21. The van der Waals surface area contributed by atoms with Gasteiger partial charge in [-0.1, -0.05) is 56.3 Å². The number of nitrogens with zero attached hydrogens (tertiary/aromatic N) is 2. The molecule has 0 amide bonds. The number of aromatic nitrogens is 1. The van der Waals surface area contributed by atoms with Crippen LogP contribution in [0.25, 0.3) is 22.4 Å². The van der Waals surface area contributed by atoms with Crippen molar-refractivity contribution in [3.05, 3.63) is 120 Å². The van der Waals surface area contributed by atoms with E-state index < -0.39 is 0 Å². The van der Waals surface area contributed by atoms with Gasteiger partial charge in [-0.3, -0.25) is 0 Å². The molecule has 0 unspecified atom stereocenters. The number of rotatable bonds is 2. The van der Waals surface area contributed by atoms with Crippen molar-refractivity contribution in [2.75, 3.05) is 4.90 Å². The molecule has 36 heavy (non-hydrogen) atoms. The molecule has 0 aliphatic carbocycles. The molecular weight excluding hydrogens is 621 g/mol. The Labute approximate surface area is 224 Å². The smallest absolute Gasteiger partial charge is 0.151 e. The Morgan fingerprint density at radius 2 is 1.56 bits per heavy atom. The molecule has 1 aromatic heterocycles. The summed E-state index contributed by atoms with van der Waals surface area (Å²) in [5.41, 5.74) is 10.1. The fraction of sp³-hybridized carbons (Fsp3) is 0.0938. The third-order valence-corrected chi connectivity index (χ3v) is 7.21. The van der Waals surface area contributed by atoms with Crippen LogP contribution >= 0.6 is 0 Å². The molecule has 0 bridgehead atoms. The molecule has 0 spiro atoms. The summed E-state index contributed by atoms with van der Waals surface area (Å²) in [6.07, 6.45) is 1.82. The van der Waals surface area contributed by atoms with Crippen molar-refractivity contribution in [2.24, 2.45) is 0 Å². The molecule has 4 heteroatoms. The molecule has 5 aromatic rings. The topological polar surface area (TPSA) is 25.4 Å². The number of anilines is 3. The minimum absolute atomic E-state index is 0. The average Bonchev–Trinajstić information content (AvgIpc) is 2.91. The van der Waals surface area contributed by atoms with Crippen molar-refractivity contribution in [3.63, 3.8) is 0 Å². The Morgan fingerprint density at radius 3 is 2.42 bits per heavy atom. The Hall–Kier alpha value is -3.72. The summed E-state index contributed by atoms with van der Waals surface area (Å²) in [5, 5.41) is 0. The summed E-state index contributed by atoms with van der Waals surface area (Å²) in [7, 11) is 0. The normalized spacial score (nSPS) is 14.0. The van der Waals surface area contributed by atoms with Crippen molar-refractivity contribution < 1.29 is 24.8 Å². The van der Waals surface area contributed by atoms with Gasteiger partial charge >= 0.3 is 0 Å². The first-order valence-corrected chi connectivity index (χ1v) is 11.9. The van der Waals surface area contributed by atoms with Crippen LogP contribution in [0.1, 0.15) is 25.0 Å². The standard InChI is InChI=1S/C32H23N2O.Ir/c1-32(2)24-11-8-15-30-31(24)34(28-13-3-4-14-29(28)35-30)27-17-16-22(20-25(27)32)21-9-7-10-23(19-21)26-12-5-6-18-33-26;/h3-9,11-20H,1-2H3;/q-1;. The predicted molar refractivity (Wildman–Crippen MR) is 141 cm³/mol. The van der Waals surface area contributed by atoms with Crippen LogP contribution in [-0.2, 0) is 25.5 Å². The van der Waals surface area contributed by atoms with Gasteiger partial charge in [-0.15, -0.1) is 35.4 Å². The summed E-state index contributed by atoms with van der Waals surface area (Å²) >= 11 is 0. The van der Waals surface area contributed by atoms with Crippen molar-refractivity contribution in [1.82, 2.24) is 4.98 Å². The van der Waals surface area contributed by atoms with E-state index >= 15 is 0 Å². The van der Waals surface area contributed by atoms with Gasteiger partial charge in [0, 0.05) is 31.7 Å². The number of pyridine rings is 1. The van der Waals surface area contributed by atoms with Gasteiger partial charge in [0.2, 0.25) is 0 Å². The van der Waals surface area contributed by atoms with Crippen LogP contribution in [0.5, 0.6) is 11.5 Å². The molecule has 0 saturated heterocycles. The van der Waals surface area contributed by atoms with Crippen molar-refractivity contribution in [1.29, 1.82) is 0 Å². The second-order valence-electron chi connectivity index (χ2n) is 9.62.